The summed E-state index contributed by atoms with van der Waals surface area (Å²) in [6, 6.07) is 3.48. The number of hydrogen-bond donors (Lipinski definition) is 3. The van der Waals surface area contributed by atoms with E-state index < -0.39 is 5.97 Å². The number of amides is 1. The highest BCUT2D eigenvalue weighted by Gasteiger charge is 2.38. The quantitative estimate of drug-likeness (QED) is 0.713. The van der Waals surface area contributed by atoms with Crippen LogP contribution in [-0.4, -0.2) is 35.1 Å². The Morgan fingerprint density at radius 2 is 2.19 bits per heavy atom. The smallest absolute Gasteiger partial charge is 0.303 e. The normalized spacial score (nSPS) is 15.9. The molecule has 0 bridgehead atoms. The van der Waals surface area contributed by atoms with Crippen LogP contribution < -0.4 is 10.6 Å². The molecule has 1 aliphatic carbocycles. The molecule has 0 radical (unpaired) electrons. The summed E-state index contributed by atoms with van der Waals surface area (Å²) >= 11 is 0. The van der Waals surface area contributed by atoms with Crippen LogP contribution in [0.15, 0.2) is 18.3 Å². The molecule has 1 aromatic rings. The second-order valence-corrected chi connectivity index (χ2v) is 5.57. The first-order chi connectivity index (χ1) is 10.0. The first kappa shape index (κ1) is 15.3. The zero-order valence-electron chi connectivity index (χ0n) is 12.2. The van der Waals surface area contributed by atoms with Gasteiger partial charge in [-0.2, -0.15) is 0 Å². The van der Waals surface area contributed by atoms with Gasteiger partial charge in [-0.25, -0.2) is 0 Å². The van der Waals surface area contributed by atoms with Gasteiger partial charge in [0.15, 0.2) is 0 Å². The number of hydrogen-bond acceptors (Lipinski definition) is 4. The molecule has 114 valence electrons. The molecule has 21 heavy (non-hydrogen) atoms. The number of carboxylic acids is 1. The Morgan fingerprint density at radius 3 is 2.76 bits per heavy atom. The fourth-order valence-corrected chi connectivity index (χ4v) is 2.62. The van der Waals surface area contributed by atoms with Crippen molar-refractivity contribution >= 4 is 17.6 Å². The number of nitrogens with zero attached hydrogens (tertiary/aromatic N) is 1. The maximum absolute atomic E-state index is 11.7. The van der Waals surface area contributed by atoms with Crippen molar-refractivity contribution in [2.24, 2.45) is 5.41 Å². The van der Waals surface area contributed by atoms with Crippen molar-refractivity contribution in [3.63, 3.8) is 0 Å². The van der Waals surface area contributed by atoms with E-state index in [0.717, 1.165) is 24.9 Å². The molecule has 2 rings (SSSR count). The molecule has 1 aliphatic rings. The number of rotatable bonds is 7. The lowest BCUT2D eigenvalue weighted by molar-refractivity contribution is -0.141. The van der Waals surface area contributed by atoms with Crippen molar-refractivity contribution in [3.8, 4) is 0 Å². The molecular weight excluding hydrogens is 270 g/mol. The lowest BCUT2D eigenvalue weighted by Crippen LogP contribution is -2.38. The van der Waals surface area contributed by atoms with E-state index in [-0.39, 0.29) is 17.7 Å². The van der Waals surface area contributed by atoms with Gasteiger partial charge in [-0.05, 0) is 37.3 Å². The van der Waals surface area contributed by atoms with Gasteiger partial charge in [-0.3, -0.25) is 14.6 Å². The summed E-state index contributed by atoms with van der Waals surface area (Å²) in [5.41, 5.74) is 1.01. The van der Waals surface area contributed by atoms with Gasteiger partial charge in [0.2, 0.25) is 0 Å². The molecule has 0 atom stereocenters. The summed E-state index contributed by atoms with van der Waals surface area (Å²) in [6.07, 6.45) is 4.71. The molecule has 6 heteroatoms. The van der Waals surface area contributed by atoms with E-state index >= 15 is 0 Å². The third-order valence-electron chi connectivity index (χ3n) is 3.94. The molecule has 6 nitrogen and oxygen atoms in total. The van der Waals surface area contributed by atoms with Gasteiger partial charge in [0, 0.05) is 25.0 Å². The first-order valence-electron chi connectivity index (χ1n) is 7.25. The highest BCUT2D eigenvalue weighted by molar-refractivity contribution is 5.93. The van der Waals surface area contributed by atoms with Crippen molar-refractivity contribution < 1.29 is 14.7 Å². The average Bonchev–Trinajstić information content (AvgIpc) is 2.42. The predicted molar refractivity (Wildman–Crippen MR) is 79.3 cm³/mol. The third kappa shape index (κ3) is 3.93. The number of carbonyl (C=O) groups is 2. The highest BCUT2D eigenvalue weighted by Crippen LogP contribution is 2.43. The number of anilines is 1. The minimum Gasteiger partial charge on any atom is -0.481 e. The van der Waals surface area contributed by atoms with E-state index in [1.165, 1.54) is 0 Å². The standard InChI is InChI=1S/C15H21N3O3/c1-2-16-14(21)12-8-11(4-7-17-12)18-10-15(5-3-6-15)9-13(19)20/h4,7-8H,2-3,5-6,9-10H2,1H3,(H,16,21)(H,17,18)(H,19,20). The fourth-order valence-electron chi connectivity index (χ4n) is 2.62. The van der Waals surface area contributed by atoms with Crippen LogP contribution in [0.2, 0.25) is 0 Å². The lowest BCUT2D eigenvalue weighted by atomic mass is 9.66. The molecular formula is C15H21N3O3. The Labute approximate surface area is 124 Å². The van der Waals surface area contributed by atoms with Crippen LogP contribution in [0.25, 0.3) is 0 Å². The summed E-state index contributed by atoms with van der Waals surface area (Å²) < 4.78 is 0. The van der Waals surface area contributed by atoms with Crippen molar-refractivity contribution in [1.29, 1.82) is 0 Å². The minimum atomic E-state index is -0.755. The minimum absolute atomic E-state index is 0.152. The van der Waals surface area contributed by atoms with Crippen molar-refractivity contribution in [2.45, 2.75) is 32.6 Å². The monoisotopic (exact) mass is 291 g/mol. The Bertz CT molecular complexity index is 527. The Hall–Kier alpha value is -2.11. The number of aromatic nitrogens is 1. The van der Waals surface area contributed by atoms with Crippen LogP contribution in [0.4, 0.5) is 5.69 Å². The third-order valence-corrected chi connectivity index (χ3v) is 3.94. The number of nitrogens with one attached hydrogen (secondary N) is 2. The lowest BCUT2D eigenvalue weighted by Gasteiger charge is -2.41. The van der Waals surface area contributed by atoms with Crippen LogP contribution in [-0.2, 0) is 4.79 Å². The molecule has 0 spiro atoms. The molecule has 1 aromatic heterocycles. The molecule has 0 aliphatic heterocycles. The van der Waals surface area contributed by atoms with Gasteiger partial charge in [0.1, 0.15) is 5.69 Å². The number of pyridine rings is 1. The number of carbonyl (C=O) groups excluding carboxylic acids is 1. The van der Waals surface area contributed by atoms with Gasteiger partial charge in [0.05, 0.1) is 6.42 Å². The van der Waals surface area contributed by atoms with E-state index in [9.17, 15) is 9.59 Å². The Morgan fingerprint density at radius 1 is 1.43 bits per heavy atom. The Balaban J connectivity index is 1.98. The van der Waals surface area contributed by atoms with E-state index in [2.05, 4.69) is 15.6 Å². The van der Waals surface area contributed by atoms with E-state index in [4.69, 9.17) is 5.11 Å². The topological polar surface area (TPSA) is 91.3 Å². The molecule has 3 N–H and O–H groups in total. The largest absolute Gasteiger partial charge is 0.481 e. The summed E-state index contributed by atoms with van der Waals surface area (Å²) in [5.74, 6) is -0.959. The van der Waals surface area contributed by atoms with Gasteiger partial charge in [0.25, 0.3) is 5.91 Å². The number of carboxylic acid groups (broad SMARTS) is 1. The van der Waals surface area contributed by atoms with Crippen LogP contribution in [0.5, 0.6) is 0 Å². The fraction of sp³-hybridized carbons (Fsp3) is 0.533. The van der Waals surface area contributed by atoms with Crippen molar-refractivity contribution in [2.75, 3.05) is 18.4 Å². The maximum atomic E-state index is 11.7. The predicted octanol–water partition coefficient (Wildman–Crippen LogP) is 1.89. The highest BCUT2D eigenvalue weighted by atomic mass is 16.4. The van der Waals surface area contributed by atoms with Gasteiger partial charge in [-0.1, -0.05) is 6.42 Å². The zero-order chi connectivity index (χ0) is 15.3. The summed E-state index contributed by atoms with van der Waals surface area (Å²) in [4.78, 5) is 26.7. The molecule has 0 aromatic carbocycles. The molecule has 1 fully saturated rings. The Kier molecular flexibility index (Phi) is 4.77. The van der Waals surface area contributed by atoms with Gasteiger partial charge in [-0.15, -0.1) is 0 Å². The van der Waals surface area contributed by atoms with Crippen LogP contribution in [0.1, 0.15) is 43.1 Å². The maximum Gasteiger partial charge on any atom is 0.303 e. The molecule has 1 saturated carbocycles. The van der Waals surface area contributed by atoms with Crippen molar-refractivity contribution in [3.05, 3.63) is 24.0 Å². The summed E-state index contributed by atoms with van der Waals surface area (Å²) in [5, 5.41) is 14.9. The van der Waals surface area contributed by atoms with Crippen LogP contribution in [0, 0.1) is 5.41 Å². The van der Waals surface area contributed by atoms with E-state index in [0.29, 0.717) is 18.8 Å². The van der Waals surface area contributed by atoms with Crippen LogP contribution >= 0.6 is 0 Å². The molecule has 0 saturated heterocycles. The second-order valence-electron chi connectivity index (χ2n) is 5.57. The SMILES string of the molecule is CCNC(=O)c1cc(NCC2(CC(=O)O)CCC2)ccn1. The first-order valence-corrected chi connectivity index (χ1v) is 7.25. The number of aliphatic carboxylic acids is 1. The zero-order valence-corrected chi connectivity index (χ0v) is 12.2. The average molecular weight is 291 g/mol. The molecule has 1 heterocycles. The summed E-state index contributed by atoms with van der Waals surface area (Å²) in [6.45, 7) is 3.02. The summed E-state index contributed by atoms with van der Waals surface area (Å²) in [7, 11) is 0. The van der Waals surface area contributed by atoms with E-state index in [1.807, 2.05) is 6.92 Å². The molecule has 1 amide bonds. The van der Waals surface area contributed by atoms with E-state index in [1.54, 1.807) is 18.3 Å². The van der Waals surface area contributed by atoms with Crippen molar-refractivity contribution in [1.82, 2.24) is 10.3 Å². The molecule has 0 unspecified atom stereocenters. The van der Waals surface area contributed by atoms with Gasteiger partial charge < -0.3 is 15.7 Å². The van der Waals surface area contributed by atoms with Gasteiger partial charge >= 0.3 is 5.97 Å². The van der Waals surface area contributed by atoms with Crippen LogP contribution in [0.3, 0.4) is 0 Å². The second kappa shape index (κ2) is 6.56.